The predicted molar refractivity (Wildman–Crippen MR) is 107 cm³/mol. The van der Waals surface area contributed by atoms with Crippen LogP contribution in [0.3, 0.4) is 0 Å². The molecule has 2 aromatic carbocycles. The number of benzene rings is 2. The lowest BCUT2D eigenvalue weighted by atomic mass is 10.2. The molecule has 2 N–H and O–H groups in total. The molecule has 7 heteroatoms. The molecular formula is C21H22N4O3. The average molecular weight is 378 g/mol. The van der Waals surface area contributed by atoms with E-state index in [0.29, 0.717) is 24.7 Å². The van der Waals surface area contributed by atoms with Crippen molar-refractivity contribution in [1.82, 2.24) is 15.5 Å². The fourth-order valence-corrected chi connectivity index (χ4v) is 2.49. The number of hydrogen-bond donors (Lipinski definition) is 2. The third-order valence-corrected chi connectivity index (χ3v) is 3.90. The summed E-state index contributed by atoms with van der Waals surface area (Å²) in [7, 11) is 1.61. The number of rotatable bonds is 8. The van der Waals surface area contributed by atoms with Crippen LogP contribution in [0, 0.1) is 6.92 Å². The molecule has 0 atom stereocenters. The lowest BCUT2D eigenvalue weighted by molar-refractivity contribution is 0.0941. The van der Waals surface area contributed by atoms with Crippen molar-refractivity contribution in [1.29, 1.82) is 0 Å². The topological polar surface area (TPSA) is 85.4 Å². The van der Waals surface area contributed by atoms with Crippen LogP contribution in [0.15, 0.2) is 60.7 Å². The molecule has 7 nitrogen and oxygen atoms in total. The first kappa shape index (κ1) is 19.2. The van der Waals surface area contributed by atoms with Gasteiger partial charge in [0.1, 0.15) is 18.1 Å². The number of carbonyl (C=O) groups excluding carboxylic acids is 1. The fourth-order valence-electron chi connectivity index (χ4n) is 2.49. The third-order valence-electron chi connectivity index (χ3n) is 3.90. The number of ether oxygens (including phenoxy) is 2. The van der Waals surface area contributed by atoms with Crippen molar-refractivity contribution < 1.29 is 14.3 Å². The number of nitrogens with zero attached hydrogens (tertiary/aromatic N) is 2. The highest BCUT2D eigenvalue weighted by atomic mass is 16.5. The number of hydrogen-bond acceptors (Lipinski definition) is 6. The van der Waals surface area contributed by atoms with Gasteiger partial charge in [0.2, 0.25) is 0 Å². The van der Waals surface area contributed by atoms with Gasteiger partial charge in [0.15, 0.2) is 11.5 Å². The molecule has 1 amide bonds. The Bertz CT molecular complexity index is 912. The largest absolute Gasteiger partial charge is 0.497 e. The lowest BCUT2D eigenvalue weighted by Gasteiger charge is -2.09. The Morgan fingerprint density at radius 2 is 1.79 bits per heavy atom. The van der Waals surface area contributed by atoms with Gasteiger partial charge in [-0.25, -0.2) is 0 Å². The standard InChI is InChI=1S/C21H22N4O3/c1-15-4-3-5-16(14-15)23-20-11-10-19(24-25-20)21(26)22-12-13-28-18-8-6-17(27-2)7-9-18/h3-11,14H,12-13H2,1-2H3,(H,22,26)(H,23,25). The number of carbonyl (C=O) groups is 1. The quantitative estimate of drug-likeness (QED) is 0.585. The molecule has 3 aromatic rings. The van der Waals surface area contributed by atoms with E-state index in [1.54, 1.807) is 19.2 Å². The Morgan fingerprint density at radius 1 is 1.00 bits per heavy atom. The Kier molecular flexibility index (Phi) is 6.41. The van der Waals surface area contributed by atoms with Crippen molar-refractivity contribution in [2.75, 3.05) is 25.6 Å². The molecule has 0 aliphatic heterocycles. The van der Waals surface area contributed by atoms with Crippen LogP contribution < -0.4 is 20.1 Å². The summed E-state index contributed by atoms with van der Waals surface area (Å²) in [6.07, 6.45) is 0. The monoisotopic (exact) mass is 378 g/mol. The van der Waals surface area contributed by atoms with E-state index in [1.165, 1.54) is 0 Å². The third kappa shape index (κ3) is 5.44. The van der Waals surface area contributed by atoms with Crippen LogP contribution in [0.25, 0.3) is 0 Å². The van der Waals surface area contributed by atoms with Crippen molar-refractivity contribution in [2.45, 2.75) is 6.92 Å². The summed E-state index contributed by atoms with van der Waals surface area (Å²) in [4.78, 5) is 12.1. The van der Waals surface area contributed by atoms with E-state index in [-0.39, 0.29) is 11.6 Å². The molecule has 3 rings (SSSR count). The van der Waals surface area contributed by atoms with E-state index in [1.807, 2.05) is 55.5 Å². The molecule has 0 spiro atoms. The molecule has 0 bridgehead atoms. The number of aryl methyl sites for hydroxylation is 1. The van der Waals surface area contributed by atoms with Gasteiger partial charge < -0.3 is 20.1 Å². The summed E-state index contributed by atoms with van der Waals surface area (Å²) in [6, 6.07) is 18.5. The molecule has 0 aliphatic carbocycles. The van der Waals surface area contributed by atoms with Crippen LogP contribution in [0.5, 0.6) is 11.5 Å². The van der Waals surface area contributed by atoms with Gasteiger partial charge in [-0.3, -0.25) is 4.79 Å². The molecule has 0 fully saturated rings. The first-order valence-corrected chi connectivity index (χ1v) is 8.86. The van der Waals surface area contributed by atoms with Crippen molar-refractivity contribution in [3.05, 3.63) is 71.9 Å². The van der Waals surface area contributed by atoms with Crippen LogP contribution in [0.2, 0.25) is 0 Å². The molecule has 28 heavy (non-hydrogen) atoms. The second kappa shape index (κ2) is 9.36. The fraction of sp³-hybridized carbons (Fsp3) is 0.190. The lowest BCUT2D eigenvalue weighted by Crippen LogP contribution is -2.29. The van der Waals surface area contributed by atoms with Crippen LogP contribution in [-0.2, 0) is 0 Å². The molecule has 0 saturated carbocycles. The van der Waals surface area contributed by atoms with Gasteiger partial charge in [0.05, 0.1) is 13.7 Å². The Labute approximate surface area is 163 Å². The first-order chi connectivity index (χ1) is 13.6. The number of nitrogens with one attached hydrogen (secondary N) is 2. The molecule has 1 heterocycles. The molecule has 1 aromatic heterocycles. The van der Waals surface area contributed by atoms with Gasteiger partial charge in [-0.2, -0.15) is 0 Å². The van der Waals surface area contributed by atoms with Crippen LogP contribution >= 0.6 is 0 Å². The minimum absolute atomic E-state index is 0.249. The van der Waals surface area contributed by atoms with E-state index in [0.717, 1.165) is 17.0 Å². The van der Waals surface area contributed by atoms with Gasteiger partial charge in [0.25, 0.3) is 5.91 Å². The van der Waals surface area contributed by atoms with E-state index in [9.17, 15) is 4.79 Å². The maximum Gasteiger partial charge on any atom is 0.271 e. The molecular weight excluding hydrogens is 356 g/mol. The summed E-state index contributed by atoms with van der Waals surface area (Å²) in [5, 5.41) is 13.9. The van der Waals surface area contributed by atoms with Crippen molar-refractivity contribution in [2.24, 2.45) is 0 Å². The van der Waals surface area contributed by atoms with E-state index in [4.69, 9.17) is 9.47 Å². The van der Waals surface area contributed by atoms with Crippen LogP contribution in [0.1, 0.15) is 16.1 Å². The zero-order chi connectivity index (χ0) is 19.8. The highest BCUT2D eigenvalue weighted by Crippen LogP contribution is 2.17. The number of methoxy groups -OCH3 is 1. The van der Waals surface area contributed by atoms with Crippen molar-refractivity contribution in [3.8, 4) is 11.5 Å². The van der Waals surface area contributed by atoms with Crippen LogP contribution in [-0.4, -0.2) is 36.4 Å². The Hall–Kier alpha value is -3.61. The molecule has 0 radical (unpaired) electrons. The maximum absolute atomic E-state index is 12.1. The summed E-state index contributed by atoms with van der Waals surface area (Å²) in [5.41, 5.74) is 2.31. The van der Waals surface area contributed by atoms with E-state index >= 15 is 0 Å². The summed E-state index contributed by atoms with van der Waals surface area (Å²) in [6.45, 7) is 2.72. The number of anilines is 2. The van der Waals surface area contributed by atoms with Crippen LogP contribution in [0.4, 0.5) is 11.5 Å². The number of aromatic nitrogens is 2. The van der Waals surface area contributed by atoms with Crippen molar-refractivity contribution >= 4 is 17.4 Å². The van der Waals surface area contributed by atoms with Gasteiger partial charge in [-0.15, -0.1) is 10.2 Å². The normalized spacial score (nSPS) is 10.2. The van der Waals surface area contributed by atoms with Gasteiger partial charge in [-0.1, -0.05) is 12.1 Å². The zero-order valence-electron chi connectivity index (χ0n) is 15.8. The van der Waals surface area contributed by atoms with Gasteiger partial charge in [0, 0.05) is 5.69 Å². The highest BCUT2D eigenvalue weighted by molar-refractivity contribution is 5.92. The second-order valence-electron chi connectivity index (χ2n) is 6.08. The van der Waals surface area contributed by atoms with E-state index < -0.39 is 0 Å². The average Bonchev–Trinajstić information content (AvgIpc) is 2.72. The minimum Gasteiger partial charge on any atom is -0.497 e. The van der Waals surface area contributed by atoms with Gasteiger partial charge >= 0.3 is 0 Å². The molecule has 144 valence electrons. The Balaban J connectivity index is 1.45. The van der Waals surface area contributed by atoms with Gasteiger partial charge in [-0.05, 0) is 61.0 Å². The smallest absolute Gasteiger partial charge is 0.271 e. The second-order valence-corrected chi connectivity index (χ2v) is 6.08. The predicted octanol–water partition coefficient (Wildman–Crippen LogP) is 3.35. The highest BCUT2D eigenvalue weighted by Gasteiger charge is 2.08. The maximum atomic E-state index is 12.1. The van der Waals surface area contributed by atoms with E-state index in [2.05, 4.69) is 20.8 Å². The summed E-state index contributed by atoms with van der Waals surface area (Å²) < 4.78 is 10.7. The first-order valence-electron chi connectivity index (χ1n) is 8.86. The minimum atomic E-state index is -0.298. The molecule has 0 unspecified atom stereocenters. The molecule has 0 saturated heterocycles. The summed E-state index contributed by atoms with van der Waals surface area (Å²) >= 11 is 0. The Morgan fingerprint density at radius 3 is 2.46 bits per heavy atom. The number of amides is 1. The molecule has 0 aliphatic rings. The SMILES string of the molecule is COc1ccc(OCCNC(=O)c2ccc(Nc3cccc(C)c3)nn2)cc1. The zero-order valence-corrected chi connectivity index (χ0v) is 15.8. The van der Waals surface area contributed by atoms with Crippen molar-refractivity contribution in [3.63, 3.8) is 0 Å². The summed E-state index contributed by atoms with van der Waals surface area (Å²) in [5.74, 6) is 1.75.